The van der Waals surface area contributed by atoms with E-state index in [9.17, 15) is 10.1 Å². The van der Waals surface area contributed by atoms with Crippen LogP contribution in [0.5, 0.6) is 11.5 Å². The fourth-order valence-corrected chi connectivity index (χ4v) is 2.69. The molecule has 3 rings (SSSR count). The largest absolute Gasteiger partial charge is 0.493 e. The number of nitro groups is 1. The molecule has 0 aliphatic carbocycles. The van der Waals surface area contributed by atoms with Crippen molar-refractivity contribution in [1.29, 1.82) is 0 Å². The molecule has 0 saturated carbocycles. The highest BCUT2D eigenvalue weighted by atomic mass is 32.1. The van der Waals surface area contributed by atoms with Gasteiger partial charge in [0.15, 0.2) is 18.2 Å². The van der Waals surface area contributed by atoms with E-state index in [1.807, 2.05) is 0 Å². The lowest BCUT2D eigenvalue weighted by molar-refractivity contribution is -0.386. The second-order valence-corrected chi connectivity index (χ2v) is 6.10. The van der Waals surface area contributed by atoms with Crippen molar-refractivity contribution >= 4 is 24.1 Å². The van der Waals surface area contributed by atoms with Crippen LogP contribution >= 0.6 is 12.2 Å². The van der Waals surface area contributed by atoms with Crippen LogP contribution in [0.4, 0.5) is 5.69 Å². The quantitative estimate of drug-likeness (QED) is 0.278. The van der Waals surface area contributed by atoms with Crippen molar-refractivity contribution < 1.29 is 14.4 Å². The molecule has 28 heavy (non-hydrogen) atoms. The number of methoxy groups -OCH3 is 1. The van der Waals surface area contributed by atoms with E-state index in [4.69, 9.17) is 21.7 Å². The summed E-state index contributed by atoms with van der Waals surface area (Å²) in [6.07, 6.45) is 3.06. The molecule has 2 heterocycles. The van der Waals surface area contributed by atoms with Crippen molar-refractivity contribution in [3.05, 3.63) is 56.4 Å². The molecule has 3 aromatic rings. The van der Waals surface area contributed by atoms with Crippen molar-refractivity contribution in [3.63, 3.8) is 0 Å². The third kappa shape index (κ3) is 3.91. The van der Waals surface area contributed by atoms with Gasteiger partial charge in [0, 0.05) is 0 Å². The molecule has 0 unspecified atom stereocenters. The summed E-state index contributed by atoms with van der Waals surface area (Å²) in [5, 5.41) is 25.8. The second kappa shape index (κ2) is 8.00. The minimum Gasteiger partial charge on any atom is -0.493 e. The predicted octanol–water partition coefficient (Wildman–Crippen LogP) is 2.59. The highest BCUT2D eigenvalue weighted by Gasteiger charge is 2.22. The van der Waals surface area contributed by atoms with Crippen molar-refractivity contribution in [3.8, 4) is 11.5 Å². The predicted molar refractivity (Wildman–Crippen MR) is 102 cm³/mol. The minimum absolute atomic E-state index is 0.00842. The van der Waals surface area contributed by atoms with Gasteiger partial charge in [0.25, 0.3) is 0 Å². The van der Waals surface area contributed by atoms with Gasteiger partial charge >= 0.3 is 5.69 Å². The van der Waals surface area contributed by atoms with Crippen LogP contribution in [0.15, 0.2) is 29.6 Å². The maximum absolute atomic E-state index is 11.1. The van der Waals surface area contributed by atoms with Crippen LogP contribution < -0.4 is 9.47 Å². The maximum atomic E-state index is 11.1. The summed E-state index contributed by atoms with van der Waals surface area (Å²) in [5.74, 6) is 0.950. The highest BCUT2D eigenvalue weighted by molar-refractivity contribution is 7.71. The number of aromatic amines is 1. The first kappa shape index (κ1) is 19.2. The molecular formula is C16H17N7O4S. The number of rotatable bonds is 7. The standard InChI is InChI=1S/C16H17N7O4S/c1-10-15(23(24)25)11(2)22(20-10)9-27-13-5-4-12(6-14(13)26-3)7-18-21-8-17-19-16(21)28/h4-8H,9H2,1-3H3,(H,19,28)/b18-7+. The molecule has 0 fully saturated rings. The normalized spacial score (nSPS) is 11.1. The number of hydrogen-bond acceptors (Lipinski definition) is 8. The van der Waals surface area contributed by atoms with Gasteiger partial charge in [-0.1, -0.05) is 0 Å². The Morgan fingerprint density at radius 1 is 1.39 bits per heavy atom. The molecule has 1 aromatic carbocycles. The Morgan fingerprint density at radius 3 is 2.79 bits per heavy atom. The zero-order valence-corrected chi connectivity index (χ0v) is 16.1. The summed E-state index contributed by atoms with van der Waals surface area (Å²) in [6.45, 7) is 3.22. The molecule has 0 aliphatic heterocycles. The highest BCUT2D eigenvalue weighted by Crippen LogP contribution is 2.29. The van der Waals surface area contributed by atoms with Gasteiger partial charge in [0.1, 0.15) is 17.7 Å². The Kier molecular flexibility index (Phi) is 5.49. The zero-order valence-electron chi connectivity index (χ0n) is 15.3. The first-order valence-corrected chi connectivity index (χ1v) is 8.47. The Balaban J connectivity index is 1.77. The molecule has 146 valence electrons. The van der Waals surface area contributed by atoms with E-state index in [-0.39, 0.29) is 12.4 Å². The summed E-state index contributed by atoms with van der Waals surface area (Å²) in [4.78, 5) is 10.7. The summed E-state index contributed by atoms with van der Waals surface area (Å²) >= 11 is 5.02. The number of nitrogens with one attached hydrogen (secondary N) is 1. The van der Waals surface area contributed by atoms with Crippen LogP contribution in [0.25, 0.3) is 0 Å². The molecule has 12 heteroatoms. The van der Waals surface area contributed by atoms with Gasteiger partial charge in [-0.3, -0.25) is 15.2 Å². The van der Waals surface area contributed by atoms with Gasteiger partial charge in [-0.05, 0) is 49.8 Å². The summed E-state index contributed by atoms with van der Waals surface area (Å²) < 4.78 is 14.3. The van der Waals surface area contributed by atoms with E-state index in [1.165, 1.54) is 22.8 Å². The second-order valence-electron chi connectivity index (χ2n) is 5.71. The van der Waals surface area contributed by atoms with Gasteiger partial charge in [-0.2, -0.15) is 20.0 Å². The number of aryl methyl sites for hydroxylation is 1. The van der Waals surface area contributed by atoms with E-state index in [0.29, 0.717) is 27.7 Å². The summed E-state index contributed by atoms with van der Waals surface area (Å²) in [5.41, 5.74) is 1.50. The Hall–Kier alpha value is -3.54. The molecule has 0 bridgehead atoms. The minimum atomic E-state index is -0.449. The van der Waals surface area contributed by atoms with Crippen LogP contribution in [0, 0.1) is 28.7 Å². The van der Waals surface area contributed by atoms with Crippen molar-refractivity contribution in [2.24, 2.45) is 5.10 Å². The van der Waals surface area contributed by atoms with Gasteiger partial charge < -0.3 is 9.47 Å². The molecule has 0 amide bonds. The van der Waals surface area contributed by atoms with Gasteiger partial charge in [-0.15, -0.1) is 0 Å². The fourth-order valence-electron chi connectivity index (χ4n) is 2.55. The number of ether oxygens (including phenoxy) is 2. The SMILES string of the molecule is COc1cc(/C=N/n2cn[nH]c2=S)ccc1OCn1nc(C)c([N+](=O)[O-])c1C. The lowest BCUT2D eigenvalue weighted by atomic mass is 10.2. The molecule has 0 saturated heterocycles. The monoisotopic (exact) mass is 403 g/mol. The molecular weight excluding hydrogens is 386 g/mol. The van der Waals surface area contributed by atoms with Crippen molar-refractivity contribution in [2.45, 2.75) is 20.6 Å². The first-order chi connectivity index (χ1) is 13.4. The lowest BCUT2D eigenvalue weighted by Crippen LogP contribution is -2.09. The molecule has 11 nitrogen and oxygen atoms in total. The zero-order chi connectivity index (χ0) is 20.3. The molecule has 0 aliphatic rings. The van der Waals surface area contributed by atoms with Crippen molar-refractivity contribution in [1.82, 2.24) is 24.7 Å². The summed E-state index contributed by atoms with van der Waals surface area (Å²) in [7, 11) is 1.52. The van der Waals surface area contributed by atoms with E-state index in [0.717, 1.165) is 5.56 Å². The fraction of sp³-hybridized carbons (Fsp3) is 0.250. The number of aromatic nitrogens is 5. The average Bonchev–Trinajstić information content (AvgIpc) is 3.20. The van der Waals surface area contributed by atoms with E-state index < -0.39 is 4.92 Å². The van der Waals surface area contributed by atoms with E-state index >= 15 is 0 Å². The molecule has 0 atom stereocenters. The van der Waals surface area contributed by atoms with Crippen LogP contribution in [0.3, 0.4) is 0 Å². The molecule has 0 radical (unpaired) electrons. The Morgan fingerprint density at radius 2 is 2.18 bits per heavy atom. The molecule has 1 N–H and O–H groups in total. The smallest absolute Gasteiger partial charge is 0.312 e. The van der Waals surface area contributed by atoms with Crippen LogP contribution in [0.1, 0.15) is 17.0 Å². The van der Waals surface area contributed by atoms with E-state index in [2.05, 4.69) is 20.4 Å². The number of benzene rings is 1. The van der Waals surface area contributed by atoms with Crippen LogP contribution in [-0.2, 0) is 6.73 Å². The number of hydrogen-bond donors (Lipinski definition) is 1. The first-order valence-electron chi connectivity index (χ1n) is 8.06. The number of H-pyrrole nitrogens is 1. The summed E-state index contributed by atoms with van der Waals surface area (Å²) in [6, 6.07) is 5.25. The molecule has 2 aromatic heterocycles. The van der Waals surface area contributed by atoms with Gasteiger partial charge in [0.2, 0.25) is 4.77 Å². The van der Waals surface area contributed by atoms with Crippen LogP contribution in [0.2, 0.25) is 0 Å². The van der Waals surface area contributed by atoms with Crippen molar-refractivity contribution in [2.75, 3.05) is 7.11 Å². The Bertz CT molecular complexity index is 1100. The lowest BCUT2D eigenvalue weighted by Gasteiger charge is -2.11. The third-order valence-corrected chi connectivity index (χ3v) is 4.20. The number of nitrogens with zero attached hydrogens (tertiary/aromatic N) is 6. The molecule has 0 spiro atoms. The van der Waals surface area contributed by atoms with Crippen LogP contribution in [-0.4, -0.2) is 42.9 Å². The third-order valence-electron chi connectivity index (χ3n) is 3.92. The topological polar surface area (TPSA) is 125 Å². The average molecular weight is 403 g/mol. The van der Waals surface area contributed by atoms with E-state index in [1.54, 1.807) is 38.3 Å². The Labute approximate surface area is 164 Å². The maximum Gasteiger partial charge on any atom is 0.312 e. The van der Waals surface area contributed by atoms with Gasteiger partial charge in [0.05, 0.1) is 18.2 Å². The van der Waals surface area contributed by atoms with Gasteiger partial charge in [-0.25, -0.2) is 4.68 Å².